The highest BCUT2D eigenvalue weighted by molar-refractivity contribution is 9.10. The number of hydrogen-bond donors (Lipinski definition) is 1. The van der Waals surface area contributed by atoms with Gasteiger partial charge in [0.05, 0.1) is 29.5 Å². The molecule has 1 N–H and O–H groups in total. The number of hydrogen-bond acceptors (Lipinski definition) is 3. The van der Waals surface area contributed by atoms with Crippen molar-refractivity contribution in [1.29, 1.82) is 0 Å². The van der Waals surface area contributed by atoms with Crippen LogP contribution in [-0.2, 0) is 15.0 Å². The summed E-state index contributed by atoms with van der Waals surface area (Å²) in [7, 11) is 0. The van der Waals surface area contributed by atoms with Crippen molar-refractivity contribution >= 4 is 33.4 Å². The van der Waals surface area contributed by atoms with Gasteiger partial charge in [-0.25, -0.2) is 4.90 Å². The van der Waals surface area contributed by atoms with Crippen LogP contribution < -0.4 is 4.90 Å². The molecule has 3 aliphatic carbocycles. The Morgan fingerprint density at radius 1 is 0.833 bits per heavy atom. The van der Waals surface area contributed by atoms with Gasteiger partial charge in [0.25, 0.3) is 0 Å². The largest absolute Gasteiger partial charge is 0.395 e. The Balaban J connectivity index is 1.66. The molecule has 0 unspecified atom stereocenters. The van der Waals surface area contributed by atoms with E-state index in [4.69, 9.17) is 0 Å². The molecule has 1 fully saturated rings. The van der Waals surface area contributed by atoms with Gasteiger partial charge in [0, 0.05) is 10.4 Å². The van der Waals surface area contributed by atoms with Crippen molar-refractivity contribution in [3.63, 3.8) is 0 Å². The number of amides is 2. The maximum absolute atomic E-state index is 13.8. The van der Waals surface area contributed by atoms with E-state index in [1.54, 1.807) is 6.07 Å². The molecule has 4 nitrogen and oxygen atoms in total. The summed E-state index contributed by atoms with van der Waals surface area (Å²) < 4.78 is 0.700. The second-order valence-electron chi connectivity index (χ2n) is 8.25. The molecule has 0 saturated carbocycles. The van der Waals surface area contributed by atoms with E-state index in [1.165, 1.54) is 4.90 Å². The van der Waals surface area contributed by atoms with E-state index in [0.29, 0.717) is 10.2 Å². The highest BCUT2D eigenvalue weighted by Crippen LogP contribution is 2.64. The Labute approximate surface area is 182 Å². The molecule has 1 aliphatic heterocycles. The minimum atomic E-state index is -0.921. The topological polar surface area (TPSA) is 57.6 Å². The number of aliphatic hydroxyl groups excluding tert-OH is 1. The van der Waals surface area contributed by atoms with Gasteiger partial charge in [-0.2, -0.15) is 0 Å². The van der Waals surface area contributed by atoms with Gasteiger partial charge in [-0.3, -0.25) is 9.59 Å². The van der Waals surface area contributed by atoms with Crippen molar-refractivity contribution in [1.82, 2.24) is 0 Å². The first-order valence-corrected chi connectivity index (χ1v) is 10.8. The molecule has 5 heteroatoms. The van der Waals surface area contributed by atoms with Crippen molar-refractivity contribution < 1.29 is 14.7 Å². The number of carbonyl (C=O) groups excluding carboxylic acids is 2. The van der Waals surface area contributed by atoms with E-state index >= 15 is 0 Å². The standard InChI is InChI=1S/C25H18BrNO3/c26-18-11-5-6-12-19(18)27-23(29)21-20-14-7-1-3-9-16(14)25(13-28,22(21)24(27)30)17-10-4-2-8-15(17)20/h1-12,20-22,28H,13H2/t20?,21-,22+,25?/m0/s1. The monoisotopic (exact) mass is 459 g/mol. The summed E-state index contributed by atoms with van der Waals surface area (Å²) >= 11 is 3.50. The quantitative estimate of drug-likeness (QED) is 0.589. The van der Waals surface area contributed by atoms with Gasteiger partial charge < -0.3 is 5.11 Å². The molecule has 0 aromatic heterocycles. The second-order valence-corrected chi connectivity index (χ2v) is 9.10. The normalized spacial score (nSPS) is 28.3. The van der Waals surface area contributed by atoms with Gasteiger partial charge >= 0.3 is 0 Å². The van der Waals surface area contributed by atoms with Crippen LogP contribution in [0.1, 0.15) is 28.2 Å². The number of rotatable bonds is 2. The number of halogens is 1. The lowest BCUT2D eigenvalue weighted by Crippen LogP contribution is -2.55. The molecule has 1 saturated heterocycles. The van der Waals surface area contributed by atoms with Crippen molar-refractivity contribution in [2.24, 2.45) is 11.8 Å². The Morgan fingerprint density at radius 3 is 2.00 bits per heavy atom. The molecule has 7 rings (SSSR count). The van der Waals surface area contributed by atoms with Gasteiger partial charge in [-0.1, -0.05) is 60.7 Å². The molecule has 148 valence electrons. The minimum absolute atomic E-state index is 0.191. The van der Waals surface area contributed by atoms with Crippen LogP contribution in [-0.4, -0.2) is 23.5 Å². The third-order valence-corrected chi connectivity index (χ3v) is 7.81. The fourth-order valence-electron chi connectivity index (χ4n) is 6.07. The Bertz CT molecular complexity index is 1190. The van der Waals surface area contributed by atoms with Crippen LogP contribution in [0.15, 0.2) is 77.3 Å². The van der Waals surface area contributed by atoms with E-state index in [9.17, 15) is 14.7 Å². The van der Waals surface area contributed by atoms with Crippen LogP contribution in [0.2, 0.25) is 0 Å². The van der Waals surface area contributed by atoms with Crippen LogP contribution in [0, 0.1) is 11.8 Å². The zero-order valence-electron chi connectivity index (χ0n) is 16.0. The lowest BCUT2D eigenvalue weighted by atomic mass is 9.47. The number of anilines is 1. The number of benzene rings is 3. The summed E-state index contributed by atoms with van der Waals surface area (Å²) in [4.78, 5) is 29.0. The smallest absolute Gasteiger partial charge is 0.239 e. The first kappa shape index (κ1) is 18.0. The predicted octanol–water partition coefficient (Wildman–Crippen LogP) is 3.99. The van der Waals surface area contributed by atoms with E-state index in [2.05, 4.69) is 15.9 Å². The zero-order chi connectivity index (χ0) is 20.6. The predicted molar refractivity (Wildman–Crippen MR) is 116 cm³/mol. The second kappa shape index (κ2) is 6.13. The summed E-state index contributed by atoms with van der Waals surface area (Å²) in [6.45, 7) is -0.224. The van der Waals surface area contributed by atoms with E-state index < -0.39 is 17.3 Å². The number of carbonyl (C=O) groups is 2. The van der Waals surface area contributed by atoms with Crippen LogP contribution in [0.25, 0.3) is 0 Å². The van der Waals surface area contributed by atoms with Gasteiger partial charge in [-0.15, -0.1) is 0 Å². The van der Waals surface area contributed by atoms with Crippen LogP contribution in [0.3, 0.4) is 0 Å². The van der Waals surface area contributed by atoms with Crippen molar-refractivity contribution in [3.8, 4) is 0 Å². The molecule has 4 aliphatic rings. The summed E-state index contributed by atoms with van der Waals surface area (Å²) in [6.07, 6.45) is 0. The van der Waals surface area contributed by atoms with Crippen LogP contribution >= 0.6 is 15.9 Å². The maximum atomic E-state index is 13.8. The third kappa shape index (κ3) is 1.95. The third-order valence-electron chi connectivity index (χ3n) is 7.14. The summed E-state index contributed by atoms with van der Waals surface area (Å²) in [5.41, 5.74) is 3.65. The average Bonchev–Trinajstić information content (AvgIpc) is 3.05. The van der Waals surface area contributed by atoms with Gasteiger partial charge in [0.15, 0.2) is 0 Å². The molecule has 2 atom stereocenters. The maximum Gasteiger partial charge on any atom is 0.239 e. The number of nitrogens with zero attached hydrogens (tertiary/aromatic N) is 1. The Kier molecular flexibility index (Phi) is 3.68. The lowest BCUT2D eigenvalue weighted by Gasteiger charge is -2.53. The Hall–Kier alpha value is -2.76. The molecule has 1 heterocycles. The SMILES string of the molecule is O=C1[C@H]2C3c4ccccc4C(CO)(c4ccccc43)[C@H]2C(=O)N1c1ccccc1Br. The van der Waals surface area contributed by atoms with Gasteiger partial charge in [-0.05, 0) is 50.3 Å². The molecular weight excluding hydrogens is 442 g/mol. The highest BCUT2D eigenvalue weighted by Gasteiger charge is 2.68. The van der Waals surface area contributed by atoms with Crippen molar-refractivity contribution in [2.75, 3.05) is 11.5 Å². The molecule has 2 bridgehead atoms. The lowest BCUT2D eigenvalue weighted by molar-refractivity contribution is -0.124. The van der Waals surface area contributed by atoms with Crippen molar-refractivity contribution in [3.05, 3.63) is 99.5 Å². The molecular formula is C25H18BrNO3. The van der Waals surface area contributed by atoms with Gasteiger partial charge in [0.1, 0.15) is 0 Å². The van der Waals surface area contributed by atoms with E-state index in [-0.39, 0.29) is 24.3 Å². The first-order chi connectivity index (χ1) is 14.6. The molecule has 0 spiro atoms. The fraction of sp³-hybridized carbons (Fsp3) is 0.200. The van der Waals surface area contributed by atoms with Crippen LogP contribution in [0.5, 0.6) is 0 Å². The summed E-state index contributed by atoms with van der Waals surface area (Å²) in [6, 6.07) is 23.2. The van der Waals surface area contributed by atoms with E-state index in [1.807, 2.05) is 66.7 Å². The molecule has 3 aromatic rings. The van der Waals surface area contributed by atoms with E-state index in [0.717, 1.165) is 22.3 Å². The zero-order valence-corrected chi connectivity index (χ0v) is 17.5. The van der Waals surface area contributed by atoms with Crippen molar-refractivity contribution in [2.45, 2.75) is 11.3 Å². The molecule has 0 radical (unpaired) electrons. The number of para-hydroxylation sites is 1. The molecule has 3 aromatic carbocycles. The highest BCUT2D eigenvalue weighted by atomic mass is 79.9. The number of imide groups is 1. The Morgan fingerprint density at radius 2 is 1.40 bits per heavy atom. The first-order valence-electron chi connectivity index (χ1n) is 10.0. The number of aliphatic hydroxyl groups is 1. The summed E-state index contributed by atoms with van der Waals surface area (Å²) in [5, 5.41) is 10.8. The molecule has 30 heavy (non-hydrogen) atoms. The summed E-state index contributed by atoms with van der Waals surface area (Å²) in [5.74, 6) is -1.78. The average molecular weight is 460 g/mol. The molecule has 2 amide bonds. The van der Waals surface area contributed by atoms with Gasteiger partial charge in [0.2, 0.25) is 11.8 Å². The fourth-order valence-corrected chi connectivity index (χ4v) is 6.53. The van der Waals surface area contributed by atoms with Crippen LogP contribution in [0.4, 0.5) is 5.69 Å². The minimum Gasteiger partial charge on any atom is -0.395 e.